The summed E-state index contributed by atoms with van der Waals surface area (Å²) in [7, 11) is 0. The molecule has 0 amide bonds. The van der Waals surface area contributed by atoms with E-state index in [1.165, 1.54) is 38.5 Å². The van der Waals surface area contributed by atoms with Gasteiger partial charge in [-0.2, -0.15) is 0 Å². The Morgan fingerprint density at radius 2 is 1.90 bits per heavy atom. The van der Waals surface area contributed by atoms with E-state index >= 15 is 0 Å². The van der Waals surface area contributed by atoms with Crippen molar-refractivity contribution in [2.45, 2.75) is 50.6 Å². The second-order valence-corrected chi connectivity index (χ2v) is 5.86. The fraction of sp³-hybridized carbons (Fsp3) is 0.562. The molecule has 108 valence electrons. The van der Waals surface area contributed by atoms with Crippen LogP contribution in [0.5, 0.6) is 5.75 Å². The van der Waals surface area contributed by atoms with E-state index in [1.807, 2.05) is 12.1 Å². The number of nitrogens with two attached hydrogens (primary N) is 1. The van der Waals surface area contributed by atoms with E-state index in [2.05, 4.69) is 16.0 Å². The van der Waals surface area contributed by atoms with Crippen molar-refractivity contribution in [3.8, 4) is 5.75 Å². The quantitative estimate of drug-likeness (QED) is 0.814. The van der Waals surface area contributed by atoms with E-state index in [4.69, 9.17) is 5.73 Å². The average Bonchev–Trinajstić information content (AvgIpc) is 2.66. The third-order valence-corrected chi connectivity index (χ3v) is 4.50. The van der Waals surface area contributed by atoms with Crippen LogP contribution in [0.1, 0.15) is 50.1 Å². The van der Waals surface area contributed by atoms with Crippen LogP contribution in [0, 0.1) is 0 Å². The van der Waals surface area contributed by atoms with E-state index in [9.17, 15) is 5.11 Å². The van der Waals surface area contributed by atoms with Crippen molar-refractivity contribution in [2.75, 3.05) is 6.54 Å². The lowest BCUT2D eigenvalue weighted by Crippen LogP contribution is -2.43. The van der Waals surface area contributed by atoms with Crippen LogP contribution in [0.3, 0.4) is 0 Å². The van der Waals surface area contributed by atoms with Crippen LogP contribution in [0.15, 0.2) is 29.3 Å². The Labute approximate surface area is 120 Å². The number of benzene rings is 1. The third-order valence-electron chi connectivity index (χ3n) is 4.50. The Morgan fingerprint density at radius 1 is 1.15 bits per heavy atom. The van der Waals surface area contributed by atoms with Gasteiger partial charge in [0.2, 0.25) is 0 Å². The number of nitrogens with zero attached hydrogens (tertiary/aromatic N) is 2. The van der Waals surface area contributed by atoms with Crippen molar-refractivity contribution < 1.29 is 5.11 Å². The van der Waals surface area contributed by atoms with Crippen LogP contribution in [-0.2, 0) is 0 Å². The number of guanidine groups is 1. The normalized spacial score (nSPS) is 24.5. The van der Waals surface area contributed by atoms with Gasteiger partial charge >= 0.3 is 0 Å². The zero-order valence-electron chi connectivity index (χ0n) is 11.8. The molecule has 0 aromatic heterocycles. The third kappa shape index (κ3) is 2.60. The molecule has 1 atom stereocenters. The first-order valence-electron chi connectivity index (χ1n) is 7.63. The molecule has 4 nitrogen and oxygen atoms in total. The molecular formula is C16H23N3O. The molecule has 1 aromatic rings. The number of hydrogen-bond acceptors (Lipinski definition) is 4. The SMILES string of the molecule is NC1=NCC(c2cccc(O)c2)N1C1CCCCCC1. The van der Waals surface area contributed by atoms with E-state index in [0.29, 0.717) is 24.3 Å². The number of aromatic hydroxyl groups is 1. The first-order valence-corrected chi connectivity index (χ1v) is 7.63. The summed E-state index contributed by atoms with van der Waals surface area (Å²) in [6, 6.07) is 8.18. The van der Waals surface area contributed by atoms with Gasteiger partial charge in [0.1, 0.15) is 5.75 Å². The predicted molar refractivity (Wildman–Crippen MR) is 80.7 cm³/mol. The van der Waals surface area contributed by atoms with Crippen molar-refractivity contribution in [1.29, 1.82) is 0 Å². The standard InChI is InChI=1S/C16H23N3O/c17-16-18-11-15(12-6-5-9-14(20)10-12)19(16)13-7-3-1-2-4-8-13/h5-6,9-10,13,15,20H,1-4,7-8,11H2,(H2,17,18). The highest BCUT2D eigenvalue weighted by Crippen LogP contribution is 2.33. The van der Waals surface area contributed by atoms with Crippen molar-refractivity contribution in [1.82, 2.24) is 4.90 Å². The maximum atomic E-state index is 9.69. The largest absolute Gasteiger partial charge is 0.508 e. The number of aliphatic imine (C=N–C) groups is 1. The lowest BCUT2D eigenvalue weighted by atomic mass is 10.0. The fourth-order valence-electron chi connectivity index (χ4n) is 3.48. The van der Waals surface area contributed by atoms with Gasteiger partial charge in [-0.05, 0) is 30.5 Å². The van der Waals surface area contributed by atoms with Crippen LogP contribution < -0.4 is 5.73 Å². The minimum atomic E-state index is 0.185. The number of phenolic OH excluding ortho intramolecular Hbond substituents is 1. The predicted octanol–water partition coefficient (Wildman–Crippen LogP) is 2.79. The van der Waals surface area contributed by atoms with Crippen molar-refractivity contribution in [2.24, 2.45) is 10.7 Å². The van der Waals surface area contributed by atoms with Crippen molar-refractivity contribution in [3.63, 3.8) is 0 Å². The Morgan fingerprint density at radius 3 is 2.60 bits per heavy atom. The molecule has 1 heterocycles. The minimum absolute atomic E-state index is 0.185. The fourth-order valence-corrected chi connectivity index (χ4v) is 3.48. The molecule has 1 unspecified atom stereocenters. The highest BCUT2D eigenvalue weighted by atomic mass is 16.3. The molecule has 20 heavy (non-hydrogen) atoms. The molecule has 2 aliphatic rings. The molecular weight excluding hydrogens is 250 g/mol. The van der Waals surface area contributed by atoms with Gasteiger partial charge in [-0.15, -0.1) is 0 Å². The van der Waals surface area contributed by atoms with E-state index in [-0.39, 0.29) is 6.04 Å². The second kappa shape index (κ2) is 5.73. The molecule has 0 saturated heterocycles. The molecule has 3 rings (SSSR count). The summed E-state index contributed by atoms with van der Waals surface area (Å²) in [5.74, 6) is 0.985. The smallest absolute Gasteiger partial charge is 0.192 e. The average molecular weight is 273 g/mol. The van der Waals surface area contributed by atoms with Gasteiger partial charge in [-0.1, -0.05) is 37.8 Å². The molecule has 1 aliphatic heterocycles. The van der Waals surface area contributed by atoms with Gasteiger partial charge < -0.3 is 15.7 Å². The van der Waals surface area contributed by atoms with Crippen LogP contribution in [0.25, 0.3) is 0 Å². The lowest BCUT2D eigenvalue weighted by molar-refractivity contribution is 0.237. The maximum absolute atomic E-state index is 9.69. The van der Waals surface area contributed by atoms with E-state index in [1.54, 1.807) is 6.07 Å². The van der Waals surface area contributed by atoms with Crippen LogP contribution in [0.2, 0.25) is 0 Å². The van der Waals surface area contributed by atoms with Crippen molar-refractivity contribution in [3.05, 3.63) is 29.8 Å². The molecule has 3 N–H and O–H groups in total. The topological polar surface area (TPSA) is 61.9 Å². The highest BCUT2D eigenvalue weighted by Gasteiger charge is 2.33. The Kier molecular flexibility index (Phi) is 3.81. The van der Waals surface area contributed by atoms with Gasteiger partial charge in [0.05, 0.1) is 12.6 Å². The van der Waals surface area contributed by atoms with Gasteiger partial charge in [0.25, 0.3) is 0 Å². The summed E-state index contributed by atoms with van der Waals surface area (Å²) in [6.07, 6.45) is 7.62. The van der Waals surface area contributed by atoms with Crippen molar-refractivity contribution >= 4 is 5.96 Å². The molecule has 4 heteroatoms. The molecule has 0 spiro atoms. The monoisotopic (exact) mass is 273 g/mol. The molecule has 1 saturated carbocycles. The summed E-state index contributed by atoms with van der Waals surface area (Å²) < 4.78 is 0. The molecule has 1 fully saturated rings. The summed E-state index contributed by atoms with van der Waals surface area (Å²) >= 11 is 0. The maximum Gasteiger partial charge on any atom is 0.192 e. The lowest BCUT2D eigenvalue weighted by Gasteiger charge is -2.34. The van der Waals surface area contributed by atoms with Crippen LogP contribution in [0.4, 0.5) is 0 Å². The summed E-state index contributed by atoms with van der Waals surface area (Å²) in [4.78, 5) is 6.74. The zero-order chi connectivity index (χ0) is 13.9. The molecule has 0 bridgehead atoms. The highest BCUT2D eigenvalue weighted by molar-refractivity contribution is 5.80. The first kappa shape index (κ1) is 13.3. The Balaban J connectivity index is 1.84. The number of rotatable bonds is 2. The summed E-state index contributed by atoms with van der Waals surface area (Å²) in [5.41, 5.74) is 7.25. The van der Waals surface area contributed by atoms with Crippen LogP contribution in [-0.4, -0.2) is 28.6 Å². The van der Waals surface area contributed by atoms with Gasteiger partial charge in [0, 0.05) is 6.04 Å². The van der Waals surface area contributed by atoms with Crippen LogP contribution >= 0.6 is 0 Å². The Bertz CT molecular complexity index is 492. The Hall–Kier alpha value is -1.71. The first-order chi connectivity index (χ1) is 9.75. The number of hydrogen-bond donors (Lipinski definition) is 2. The zero-order valence-corrected chi connectivity index (χ0v) is 11.8. The summed E-state index contributed by atoms with van der Waals surface area (Å²) in [6.45, 7) is 0.700. The summed E-state index contributed by atoms with van der Waals surface area (Å²) in [5, 5.41) is 9.69. The van der Waals surface area contributed by atoms with Gasteiger partial charge in [-0.3, -0.25) is 4.99 Å². The second-order valence-electron chi connectivity index (χ2n) is 5.86. The molecule has 1 aliphatic carbocycles. The molecule has 0 radical (unpaired) electrons. The number of phenols is 1. The molecule has 1 aromatic carbocycles. The van der Waals surface area contributed by atoms with Gasteiger partial charge in [-0.25, -0.2) is 0 Å². The minimum Gasteiger partial charge on any atom is -0.508 e. The van der Waals surface area contributed by atoms with E-state index in [0.717, 1.165) is 5.56 Å². The van der Waals surface area contributed by atoms with Gasteiger partial charge in [0.15, 0.2) is 5.96 Å². The van der Waals surface area contributed by atoms with E-state index < -0.39 is 0 Å².